The highest BCUT2D eigenvalue weighted by Crippen LogP contribution is 2.26. The molecule has 1 aromatic heterocycles. The second-order valence-corrected chi connectivity index (χ2v) is 5.70. The van der Waals surface area contributed by atoms with Crippen molar-refractivity contribution in [1.82, 2.24) is 9.88 Å². The number of ether oxygens (including phenoxy) is 2. The number of para-hydroxylation sites is 2. The van der Waals surface area contributed by atoms with Crippen LogP contribution in [-0.2, 0) is 0 Å². The molecular weight excluding hydrogens is 330 g/mol. The third-order valence-electron chi connectivity index (χ3n) is 3.57. The molecule has 0 radical (unpaired) electrons. The summed E-state index contributed by atoms with van der Waals surface area (Å²) in [5.41, 5.74) is 0.654. The fourth-order valence-corrected chi connectivity index (χ4v) is 2.51. The number of nitrogens with one attached hydrogen (secondary N) is 1. The van der Waals surface area contributed by atoms with E-state index >= 15 is 0 Å². The maximum atomic E-state index is 12.3. The molecule has 1 fully saturated rings. The van der Waals surface area contributed by atoms with E-state index in [-0.39, 0.29) is 12.1 Å². The van der Waals surface area contributed by atoms with E-state index in [1.54, 1.807) is 23.2 Å². The topological polar surface area (TPSA) is 63.7 Å². The van der Waals surface area contributed by atoms with E-state index in [9.17, 15) is 4.79 Å². The third kappa shape index (κ3) is 3.71. The van der Waals surface area contributed by atoms with Crippen molar-refractivity contribution in [2.24, 2.45) is 0 Å². The molecule has 0 saturated carbocycles. The quantitative estimate of drug-likeness (QED) is 0.900. The van der Waals surface area contributed by atoms with Crippen molar-refractivity contribution in [3.8, 4) is 11.6 Å². The van der Waals surface area contributed by atoms with Gasteiger partial charge in [-0.15, -0.1) is 0 Å². The van der Waals surface area contributed by atoms with Crippen molar-refractivity contribution in [3.63, 3.8) is 0 Å². The monoisotopic (exact) mass is 347 g/mol. The first-order chi connectivity index (χ1) is 11.7. The van der Waals surface area contributed by atoms with E-state index in [2.05, 4.69) is 10.3 Å². The average Bonchev–Trinajstić information content (AvgIpc) is 2.54. The largest absolute Gasteiger partial charge is 0.492 e. The van der Waals surface area contributed by atoms with Crippen LogP contribution in [0.4, 0.5) is 10.5 Å². The number of aromatic nitrogens is 1. The summed E-state index contributed by atoms with van der Waals surface area (Å²) in [6.07, 6.45) is 1.51. The van der Waals surface area contributed by atoms with Crippen LogP contribution in [0.25, 0.3) is 0 Å². The van der Waals surface area contributed by atoms with E-state index in [1.807, 2.05) is 31.2 Å². The first kappa shape index (κ1) is 16.4. The molecule has 2 heterocycles. The Morgan fingerprint density at radius 2 is 2.12 bits per heavy atom. The van der Waals surface area contributed by atoms with Gasteiger partial charge in [-0.25, -0.2) is 9.78 Å². The molecule has 1 aromatic carbocycles. The lowest BCUT2D eigenvalue weighted by molar-refractivity contribution is 0.0461. The molecule has 3 rings (SSSR count). The molecule has 126 valence electrons. The Labute approximate surface area is 145 Å². The van der Waals surface area contributed by atoms with Gasteiger partial charge in [-0.1, -0.05) is 23.7 Å². The summed E-state index contributed by atoms with van der Waals surface area (Å²) in [4.78, 5) is 18.0. The lowest BCUT2D eigenvalue weighted by Gasteiger charge is -2.38. The Balaban J connectivity index is 1.53. The van der Waals surface area contributed by atoms with E-state index < -0.39 is 0 Å². The van der Waals surface area contributed by atoms with Crippen LogP contribution in [0.3, 0.4) is 0 Å². The van der Waals surface area contributed by atoms with E-state index in [1.165, 1.54) is 0 Å². The van der Waals surface area contributed by atoms with Crippen molar-refractivity contribution >= 4 is 23.3 Å². The second-order valence-electron chi connectivity index (χ2n) is 5.29. The number of nitrogens with zero attached hydrogens (tertiary/aromatic N) is 2. The normalized spacial score (nSPS) is 14.0. The molecular formula is C17H18ClN3O3. The molecule has 0 bridgehead atoms. The Bertz CT molecular complexity index is 720. The zero-order chi connectivity index (χ0) is 16.9. The highest BCUT2D eigenvalue weighted by Gasteiger charge is 2.33. The van der Waals surface area contributed by atoms with Crippen LogP contribution < -0.4 is 14.8 Å². The predicted molar refractivity (Wildman–Crippen MR) is 91.9 cm³/mol. The summed E-state index contributed by atoms with van der Waals surface area (Å²) in [6, 6.07) is 10.6. The summed E-state index contributed by atoms with van der Waals surface area (Å²) >= 11 is 6.01. The average molecular weight is 348 g/mol. The minimum absolute atomic E-state index is 0.106. The molecule has 1 N–H and O–H groups in total. The first-order valence-electron chi connectivity index (χ1n) is 7.72. The molecule has 0 atom stereocenters. The molecule has 1 aliphatic heterocycles. The van der Waals surface area contributed by atoms with Gasteiger partial charge < -0.3 is 19.7 Å². The lowest BCUT2D eigenvalue weighted by Crippen LogP contribution is -2.57. The summed E-state index contributed by atoms with van der Waals surface area (Å²) < 4.78 is 11.2. The van der Waals surface area contributed by atoms with Gasteiger partial charge in [0.05, 0.1) is 25.4 Å². The number of urea groups is 1. The number of halogens is 1. The number of benzene rings is 1. The van der Waals surface area contributed by atoms with Crippen LogP contribution in [0.5, 0.6) is 11.6 Å². The molecule has 0 unspecified atom stereocenters. The number of amides is 2. The van der Waals surface area contributed by atoms with E-state index in [0.717, 1.165) is 0 Å². The van der Waals surface area contributed by atoms with Gasteiger partial charge in [-0.05, 0) is 31.2 Å². The zero-order valence-corrected chi connectivity index (χ0v) is 14.0. The minimum Gasteiger partial charge on any atom is -0.492 e. The highest BCUT2D eigenvalue weighted by molar-refractivity contribution is 6.31. The molecule has 1 saturated heterocycles. The molecule has 2 amide bonds. The molecule has 1 aliphatic rings. The van der Waals surface area contributed by atoms with Crippen molar-refractivity contribution < 1.29 is 14.3 Å². The van der Waals surface area contributed by atoms with Gasteiger partial charge in [0, 0.05) is 6.20 Å². The van der Waals surface area contributed by atoms with Gasteiger partial charge in [-0.2, -0.15) is 0 Å². The molecule has 6 nitrogen and oxygen atoms in total. The van der Waals surface area contributed by atoms with E-state index in [0.29, 0.717) is 42.0 Å². The summed E-state index contributed by atoms with van der Waals surface area (Å²) in [7, 11) is 0. The fraction of sp³-hybridized carbons (Fsp3) is 0.294. The number of likely N-dealkylation sites (tertiary alicyclic amines) is 1. The second kappa shape index (κ2) is 7.40. The SMILES string of the molecule is CCOc1ccccc1NC(=O)N1CC(Oc2ncccc2Cl)C1. The smallest absolute Gasteiger partial charge is 0.322 e. The lowest BCUT2D eigenvalue weighted by atomic mass is 10.2. The zero-order valence-electron chi connectivity index (χ0n) is 13.2. The minimum atomic E-state index is -0.186. The number of carbonyl (C=O) groups is 1. The molecule has 7 heteroatoms. The first-order valence-corrected chi connectivity index (χ1v) is 8.10. The number of carbonyl (C=O) groups excluding carboxylic acids is 1. The number of hydrogen-bond acceptors (Lipinski definition) is 4. The van der Waals surface area contributed by atoms with Crippen LogP contribution in [0.15, 0.2) is 42.6 Å². The highest BCUT2D eigenvalue weighted by atomic mass is 35.5. The number of pyridine rings is 1. The van der Waals surface area contributed by atoms with Gasteiger partial charge in [0.25, 0.3) is 0 Å². The van der Waals surface area contributed by atoms with Crippen LogP contribution in [-0.4, -0.2) is 41.7 Å². The van der Waals surface area contributed by atoms with Gasteiger partial charge in [-0.3, -0.25) is 0 Å². The van der Waals surface area contributed by atoms with Crippen LogP contribution in [0.1, 0.15) is 6.92 Å². The Morgan fingerprint density at radius 3 is 2.88 bits per heavy atom. The molecule has 24 heavy (non-hydrogen) atoms. The van der Waals surface area contributed by atoms with Gasteiger partial charge in [0.15, 0.2) is 0 Å². The van der Waals surface area contributed by atoms with Crippen molar-refractivity contribution in [2.75, 3.05) is 25.0 Å². The number of hydrogen-bond donors (Lipinski definition) is 1. The van der Waals surface area contributed by atoms with Gasteiger partial charge >= 0.3 is 6.03 Å². The maximum absolute atomic E-state index is 12.3. The van der Waals surface area contributed by atoms with Gasteiger partial charge in [0.2, 0.25) is 5.88 Å². The Morgan fingerprint density at radius 1 is 1.33 bits per heavy atom. The van der Waals surface area contributed by atoms with Crippen LogP contribution >= 0.6 is 11.6 Å². The standard InChI is InChI=1S/C17H18ClN3O3/c1-2-23-15-8-4-3-7-14(15)20-17(22)21-10-12(11-21)24-16-13(18)6-5-9-19-16/h3-9,12H,2,10-11H2,1H3,(H,20,22). The van der Waals surface area contributed by atoms with Crippen LogP contribution in [0.2, 0.25) is 5.02 Å². The predicted octanol–water partition coefficient (Wildman–Crippen LogP) is 3.43. The van der Waals surface area contributed by atoms with Gasteiger partial charge in [0.1, 0.15) is 16.9 Å². The molecule has 0 spiro atoms. The summed E-state index contributed by atoms with van der Waals surface area (Å²) in [6.45, 7) is 3.40. The fourth-order valence-electron chi connectivity index (χ4n) is 2.34. The molecule has 2 aromatic rings. The maximum Gasteiger partial charge on any atom is 0.322 e. The Hall–Kier alpha value is -2.47. The molecule has 0 aliphatic carbocycles. The summed E-state index contributed by atoms with van der Waals surface area (Å²) in [5.74, 6) is 1.05. The van der Waals surface area contributed by atoms with E-state index in [4.69, 9.17) is 21.1 Å². The van der Waals surface area contributed by atoms with Crippen molar-refractivity contribution in [1.29, 1.82) is 0 Å². The van der Waals surface area contributed by atoms with Crippen molar-refractivity contribution in [2.45, 2.75) is 13.0 Å². The third-order valence-corrected chi connectivity index (χ3v) is 3.85. The summed E-state index contributed by atoms with van der Waals surface area (Å²) in [5, 5.41) is 3.32. The number of rotatable bonds is 5. The Kier molecular flexibility index (Phi) is 5.05. The number of anilines is 1. The van der Waals surface area contributed by atoms with Crippen LogP contribution in [0, 0.1) is 0 Å². The van der Waals surface area contributed by atoms with Crippen molar-refractivity contribution in [3.05, 3.63) is 47.6 Å².